The largest absolute Gasteiger partial charge is 0.303 e. The van der Waals surface area contributed by atoms with Gasteiger partial charge in [-0.05, 0) is 30.9 Å². The molecule has 1 nitrogen and oxygen atoms in total. The summed E-state index contributed by atoms with van der Waals surface area (Å²) in [5, 5.41) is 0. The average molecular weight is 174 g/mol. The Morgan fingerprint density at radius 3 is 2.69 bits per heavy atom. The van der Waals surface area contributed by atoms with Gasteiger partial charge in [-0.1, -0.05) is 30.7 Å². The second-order valence-electron chi connectivity index (χ2n) is 4.40. The van der Waals surface area contributed by atoms with Crippen LogP contribution in [0.4, 0.5) is 0 Å². The van der Waals surface area contributed by atoms with Crippen LogP contribution in [0, 0.1) is 12.3 Å². The molecule has 1 aromatic rings. The summed E-state index contributed by atoms with van der Waals surface area (Å²) in [5.41, 5.74) is 3.85. The predicted molar refractivity (Wildman–Crippen MR) is 52.8 cm³/mol. The van der Waals surface area contributed by atoms with Gasteiger partial charge in [0, 0.05) is 5.41 Å². The molecule has 0 bridgehead atoms. The number of rotatable bonds is 1. The van der Waals surface area contributed by atoms with E-state index in [0.29, 0.717) is 0 Å². The van der Waals surface area contributed by atoms with Crippen molar-refractivity contribution < 1.29 is 4.79 Å². The maximum atomic E-state index is 10.9. The zero-order valence-electron chi connectivity index (χ0n) is 8.13. The molecule has 1 aliphatic rings. The summed E-state index contributed by atoms with van der Waals surface area (Å²) >= 11 is 0. The molecular weight excluding hydrogens is 160 g/mol. The highest BCUT2D eigenvalue weighted by Gasteiger charge is 2.32. The van der Waals surface area contributed by atoms with Gasteiger partial charge in [0.2, 0.25) is 0 Å². The summed E-state index contributed by atoms with van der Waals surface area (Å²) in [6, 6.07) is 6.47. The van der Waals surface area contributed by atoms with Crippen molar-refractivity contribution in [1.29, 1.82) is 0 Å². The summed E-state index contributed by atoms with van der Waals surface area (Å²) in [7, 11) is 0. The Hall–Kier alpha value is -1.11. The van der Waals surface area contributed by atoms with Gasteiger partial charge in [0.1, 0.15) is 6.29 Å². The molecule has 1 aliphatic carbocycles. The van der Waals surface area contributed by atoms with Crippen molar-refractivity contribution in [2.24, 2.45) is 5.41 Å². The number of hydrogen-bond acceptors (Lipinski definition) is 1. The van der Waals surface area contributed by atoms with Crippen molar-refractivity contribution in [2.45, 2.75) is 26.7 Å². The third-order valence-electron chi connectivity index (χ3n) is 2.83. The van der Waals surface area contributed by atoms with Crippen LogP contribution in [0.25, 0.3) is 0 Å². The molecule has 0 heterocycles. The molecule has 1 aromatic carbocycles. The maximum Gasteiger partial charge on any atom is 0.126 e. The van der Waals surface area contributed by atoms with E-state index in [2.05, 4.69) is 25.1 Å². The minimum absolute atomic E-state index is 0.143. The summed E-state index contributed by atoms with van der Waals surface area (Å²) in [4.78, 5) is 10.9. The van der Waals surface area contributed by atoms with Gasteiger partial charge in [0.25, 0.3) is 0 Å². The van der Waals surface area contributed by atoms with E-state index in [-0.39, 0.29) is 5.41 Å². The average Bonchev–Trinajstić information content (AvgIpc) is 2.42. The molecule has 0 N–H and O–H groups in total. The van der Waals surface area contributed by atoms with Crippen LogP contribution in [0.1, 0.15) is 23.6 Å². The minimum atomic E-state index is -0.143. The highest BCUT2D eigenvalue weighted by Crippen LogP contribution is 2.35. The van der Waals surface area contributed by atoms with Gasteiger partial charge >= 0.3 is 0 Å². The summed E-state index contributed by atoms with van der Waals surface area (Å²) < 4.78 is 0. The van der Waals surface area contributed by atoms with E-state index in [1.807, 2.05) is 6.92 Å². The lowest BCUT2D eigenvalue weighted by Gasteiger charge is -2.12. The third-order valence-corrected chi connectivity index (χ3v) is 2.83. The van der Waals surface area contributed by atoms with Gasteiger partial charge in [-0.3, -0.25) is 0 Å². The van der Waals surface area contributed by atoms with E-state index in [9.17, 15) is 4.79 Å². The fourth-order valence-electron chi connectivity index (χ4n) is 2.11. The number of fused-ring (bicyclic) bond motifs is 1. The van der Waals surface area contributed by atoms with Gasteiger partial charge in [0.15, 0.2) is 0 Å². The topological polar surface area (TPSA) is 17.1 Å². The molecule has 1 heteroatoms. The van der Waals surface area contributed by atoms with Gasteiger partial charge < -0.3 is 4.79 Å². The molecule has 0 aromatic heterocycles. The number of aryl methyl sites for hydroxylation is 1. The second-order valence-corrected chi connectivity index (χ2v) is 4.40. The Morgan fingerprint density at radius 1 is 1.31 bits per heavy atom. The second kappa shape index (κ2) is 2.69. The Labute approximate surface area is 78.8 Å². The fraction of sp³-hybridized carbons (Fsp3) is 0.417. The Kier molecular flexibility index (Phi) is 1.76. The van der Waals surface area contributed by atoms with E-state index in [1.165, 1.54) is 16.7 Å². The number of aldehydes is 1. The molecule has 1 atom stereocenters. The van der Waals surface area contributed by atoms with Crippen molar-refractivity contribution in [3.8, 4) is 0 Å². The van der Waals surface area contributed by atoms with Crippen LogP contribution in [0.5, 0.6) is 0 Å². The Bertz CT molecular complexity index is 354. The van der Waals surface area contributed by atoms with Crippen molar-refractivity contribution in [1.82, 2.24) is 0 Å². The van der Waals surface area contributed by atoms with Gasteiger partial charge in [-0.25, -0.2) is 0 Å². The molecule has 0 aliphatic heterocycles. The van der Waals surface area contributed by atoms with Crippen molar-refractivity contribution in [3.05, 3.63) is 34.9 Å². The molecule has 0 saturated carbocycles. The first kappa shape index (κ1) is 8.49. The number of carbonyl (C=O) groups excluding carboxylic acids is 1. The molecule has 0 amide bonds. The highest BCUT2D eigenvalue weighted by atomic mass is 16.1. The predicted octanol–water partition coefficient (Wildman–Crippen LogP) is 2.30. The highest BCUT2D eigenvalue weighted by molar-refractivity contribution is 5.63. The molecule has 0 radical (unpaired) electrons. The van der Waals surface area contributed by atoms with Gasteiger partial charge in [-0.15, -0.1) is 0 Å². The van der Waals surface area contributed by atoms with E-state index in [1.54, 1.807) is 0 Å². The van der Waals surface area contributed by atoms with Crippen LogP contribution in [0.2, 0.25) is 0 Å². The van der Waals surface area contributed by atoms with Crippen LogP contribution in [-0.4, -0.2) is 6.29 Å². The van der Waals surface area contributed by atoms with E-state index in [4.69, 9.17) is 0 Å². The summed E-state index contributed by atoms with van der Waals surface area (Å²) in [5.74, 6) is 0. The first-order chi connectivity index (χ1) is 6.13. The van der Waals surface area contributed by atoms with Crippen LogP contribution < -0.4 is 0 Å². The van der Waals surface area contributed by atoms with Crippen LogP contribution >= 0.6 is 0 Å². The molecule has 13 heavy (non-hydrogen) atoms. The zero-order chi connectivity index (χ0) is 9.47. The number of hydrogen-bond donors (Lipinski definition) is 0. The van der Waals surface area contributed by atoms with E-state index >= 15 is 0 Å². The molecular formula is C12H14O. The van der Waals surface area contributed by atoms with Crippen molar-refractivity contribution in [3.63, 3.8) is 0 Å². The lowest BCUT2D eigenvalue weighted by Crippen LogP contribution is -2.17. The number of benzene rings is 1. The molecule has 0 spiro atoms. The van der Waals surface area contributed by atoms with Crippen LogP contribution in [0.3, 0.4) is 0 Å². The Balaban J connectivity index is 2.40. The SMILES string of the molecule is Cc1ccc2c(c1)C[C@@](C)(C=O)C2. The lowest BCUT2D eigenvalue weighted by molar-refractivity contribution is -0.115. The number of carbonyl (C=O) groups is 1. The van der Waals surface area contributed by atoms with Gasteiger partial charge in [0.05, 0.1) is 0 Å². The van der Waals surface area contributed by atoms with E-state index in [0.717, 1.165) is 19.1 Å². The summed E-state index contributed by atoms with van der Waals surface area (Å²) in [6.45, 7) is 4.13. The quantitative estimate of drug-likeness (QED) is 0.597. The monoisotopic (exact) mass is 174 g/mol. The Morgan fingerprint density at radius 2 is 2.00 bits per heavy atom. The molecule has 2 rings (SSSR count). The van der Waals surface area contributed by atoms with Crippen LogP contribution in [0.15, 0.2) is 18.2 Å². The maximum absolute atomic E-state index is 10.9. The normalized spacial score (nSPS) is 25.7. The minimum Gasteiger partial charge on any atom is -0.303 e. The fourth-order valence-corrected chi connectivity index (χ4v) is 2.11. The van der Waals surface area contributed by atoms with Gasteiger partial charge in [-0.2, -0.15) is 0 Å². The standard InChI is InChI=1S/C12H14O/c1-9-3-4-10-6-12(2,8-13)7-11(10)5-9/h3-5,8H,6-7H2,1-2H3/t12-/m0/s1. The van der Waals surface area contributed by atoms with Crippen molar-refractivity contribution >= 4 is 6.29 Å². The lowest BCUT2D eigenvalue weighted by atomic mass is 9.89. The molecule has 0 unspecified atom stereocenters. The summed E-state index contributed by atoms with van der Waals surface area (Å²) in [6.07, 6.45) is 2.92. The third kappa shape index (κ3) is 1.39. The molecule has 0 saturated heterocycles. The first-order valence-corrected chi connectivity index (χ1v) is 4.68. The zero-order valence-corrected chi connectivity index (χ0v) is 8.13. The van der Waals surface area contributed by atoms with E-state index < -0.39 is 0 Å². The first-order valence-electron chi connectivity index (χ1n) is 4.68. The smallest absolute Gasteiger partial charge is 0.126 e. The molecule has 0 fully saturated rings. The van der Waals surface area contributed by atoms with Crippen molar-refractivity contribution in [2.75, 3.05) is 0 Å². The molecule has 68 valence electrons. The van der Waals surface area contributed by atoms with Crippen LogP contribution in [-0.2, 0) is 17.6 Å².